The van der Waals surface area contributed by atoms with E-state index in [9.17, 15) is 13.2 Å². The maximum Gasteiger partial charge on any atom is 0.406 e. The summed E-state index contributed by atoms with van der Waals surface area (Å²) in [5.41, 5.74) is 0. The van der Waals surface area contributed by atoms with Crippen molar-refractivity contribution in [2.75, 3.05) is 6.61 Å². The minimum Gasteiger partial charge on any atom is -0.348 e. The first-order chi connectivity index (χ1) is 9.49. The van der Waals surface area contributed by atoms with Gasteiger partial charge in [0.2, 0.25) is 0 Å². The zero-order valence-electron chi connectivity index (χ0n) is 12.4. The zero-order chi connectivity index (χ0) is 15.6. The molecular weight excluding hydrogens is 291 g/mol. The Morgan fingerprint density at radius 1 is 0.952 bits per heavy atom. The van der Waals surface area contributed by atoms with Crippen LogP contribution in [0.25, 0.3) is 0 Å². The van der Waals surface area contributed by atoms with E-state index in [1.807, 2.05) is 0 Å². The molecule has 3 aliphatic heterocycles. The molecule has 3 rings (SSSR count). The molecule has 3 saturated heterocycles. The van der Waals surface area contributed by atoms with Crippen molar-refractivity contribution in [1.29, 1.82) is 0 Å². The van der Waals surface area contributed by atoms with E-state index in [1.165, 1.54) is 0 Å². The summed E-state index contributed by atoms with van der Waals surface area (Å²) in [6, 6.07) is -2.38. The molecule has 5 atom stereocenters. The molecule has 0 unspecified atom stereocenters. The largest absolute Gasteiger partial charge is 0.406 e. The highest BCUT2D eigenvalue weighted by atomic mass is 19.4. The Hall–Kier alpha value is -0.410. The lowest BCUT2D eigenvalue weighted by Crippen LogP contribution is -2.50. The van der Waals surface area contributed by atoms with Crippen LogP contribution in [0.2, 0.25) is 0 Å². The first-order valence-corrected chi connectivity index (χ1v) is 6.99. The Kier molecular flexibility index (Phi) is 3.35. The predicted octanol–water partition coefficient (Wildman–Crippen LogP) is 1.56. The average Bonchev–Trinajstić information content (AvgIpc) is 2.87. The third kappa shape index (κ3) is 2.79. The molecule has 0 amide bonds. The van der Waals surface area contributed by atoms with Crippen molar-refractivity contribution in [2.45, 2.75) is 75.8 Å². The summed E-state index contributed by atoms with van der Waals surface area (Å²) in [6.07, 6.45) is -6.69. The lowest BCUT2D eigenvalue weighted by molar-refractivity contribution is -0.202. The van der Waals surface area contributed by atoms with Gasteiger partial charge < -0.3 is 18.9 Å². The highest BCUT2D eigenvalue weighted by molar-refractivity contribution is 5.09. The van der Waals surface area contributed by atoms with Gasteiger partial charge >= 0.3 is 6.18 Å². The molecule has 0 spiro atoms. The minimum atomic E-state index is -4.41. The van der Waals surface area contributed by atoms with Crippen molar-refractivity contribution in [3.8, 4) is 0 Å². The fourth-order valence-electron chi connectivity index (χ4n) is 3.24. The van der Waals surface area contributed by atoms with Crippen molar-refractivity contribution in [3.05, 3.63) is 0 Å². The van der Waals surface area contributed by atoms with Gasteiger partial charge in [-0.15, -0.1) is 0 Å². The lowest BCUT2D eigenvalue weighted by Gasteiger charge is -2.28. The molecule has 0 aliphatic carbocycles. The highest BCUT2D eigenvalue weighted by Gasteiger charge is 2.63. The number of hydrogen-bond acceptors (Lipinski definition) is 5. The number of alkyl halides is 3. The Morgan fingerprint density at radius 3 is 2.10 bits per heavy atom. The number of hydrogen-bond donors (Lipinski definition) is 1. The summed E-state index contributed by atoms with van der Waals surface area (Å²) in [4.78, 5) is 0. The van der Waals surface area contributed by atoms with E-state index >= 15 is 0 Å². The maximum atomic E-state index is 13.2. The average molecular weight is 311 g/mol. The molecule has 3 heterocycles. The van der Waals surface area contributed by atoms with E-state index < -0.39 is 48.1 Å². The summed E-state index contributed by atoms with van der Waals surface area (Å²) in [5.74, 6) is -1.83. The second-order valence-corrected chi connectivity index (χ2v) is 6.64. The van der Waals surface area contributed by atoms with Crippen LogP contribution in [0.15, 0.2) is 0 Å². The van der Waals surface area contributed by atoms with E-state index in [0.717, 1.165) is 0 Å². The summed E-state index contributed by atoms with van der Waals surface area (Å²) in [6.45, 7) is 6.92. The van der Waals surface area contributed by atoms with Gasteiger partial charge in [0.1, 0.15) is 24.4 Å². The topological polar surface area (TPSA) is 49.0 Å². The first-order valence-electron chi connectivity index (χ1n) is 6.99. The van der Waals surface area contributed by atoms with Crippen LogP contribution in [0.4, 0.5) is 13.2 Å². The summed E-state index contributed by atoms with van der Waals surface area (Å²) >= 11 is 0. The molecule has 8 heteroatoms. The molecule has 0 saturated carbocycles. The van der Waals surface area contributed by atoms with Gasteiger partial charge in [-0.1, -0.05) is 0 Å². The number of halogens is 3. The van der Waals surface area contributed by atoms with Gasteiger partial charge in [0.15, 0.2) is 11.6 Å². The molecule has 3 fully saturated rings. The van der Waals surface area contributed by atoms with Crippen molar-refractivity contribution in [3.63, 3.8) is 0 Å². The molecular formula is C13H20F3NO4. The molecule has 0 aromatic rings. The van der Waals surface area contributed by atoms with Gasteiger partial charge in [0, 0.05) is 0 Å². The number of fused-ring (bicyclic) bond motifs is 1. The Morgan fingerprint density at radius 2 is 1.57 bits per heavy atom. The van der Waals surface area contributed by atoms with Crippen LogP contribution >= 0.6 is 0 Å². The summed E-state index contributed by atoms with van der Waals surface area (Å²) < 4.78 is 61.8. The van der Waals surface area contributed by atoms with Crippen LogP contribution in [0.5, 0.6) is 0 Å². The molecule has 3 aliphatic rings. The maximum absolute atomic E-state index is 13.2. The molecule has 1 N–H and O–H groups in total. The SMILES string of the molecule is CC1(C)O[C@H]2[C@H]([C@H]3COC(C)(C)O3)N[C@H](C(F)(F)F)[C@H]2O1. The van der Waals surface area contributed by atoms with Gasteiger partial charge in [0.05, 0.1) is 12.6 Å². The highest BCUT2D eigenvalue weighted by Crippen LogP contribution is 2.43. The van der Waals surface area contributed by atoms with Gasteiger partial charge in [-0.05, 0) is 27.7 Å². The van der Waals surface area contributed by atoms with Crippen LogP contribution in [0.1, 0.15) is 27.7 Å². The Balaban J connectivity index is 1.82. The lowest BCUT2D eigenvalue weighted by atomic mass is 10.0. The van der Waals surface area contributed by atoms with Crippen LogP contribution < -0.4 is 5.32 Å². The quantitative estimate of drug-likeness (QED) is 0.796. The number of ether oxygens (including phenoxy) is 4. The molecule has 122 valence electrons. The van der Waals surface area contributed by atoms with Crippen LogP contribution in [0, 0.1) is 0 Å². The summed E-state index contributed by atoms with van der Waals surface area (Å²) in [5, 5.41) is 2.57. The Bertz CT molecular complexity index is 426. The third-order valence-electron chi connectivity index (χ3n) is 4.00. The zero-order valence-corrected chi connectivity index (χ0v) is 12.4. The van der Waals surface area contributed by atoms with Crippen molar-refractivity contribution in [2.24, 2.45) is 0 Å². The molecule has 21 heavy (non-hydrogen) atoms. The van der Waals surface area contributed by atoms with E-state index in [4.69, 9.17) is 18.9 Å². The van der Waals surface area contributed by atoms with Gasteiger partial charge in [-0.25, -0.2) is 0 Å². The molecule has 0 aromatic heterocycles. The van der Waals surface area contributed by atoms with Gasteiger partial charge in [-0.2, -0.15) is 13.2 Å². The fraction of sp³-hybridized carbons (Fsp3) is 1.00. The fourth-order valence-corrected chi connectivity index (χ4v) is 3.24. The van der Waals surface area contributed by atoms with Crippen LogP contribution in [0.3, 0.4) is 0 Å². The van der Waals surface area contributed by atoms with Gasteiger partial charge in [-0.3, -0.25) is 5.32 Å². The van der Waals surface area contributed by atoms with Gasteiger partial charge in [0.25, 0.3) is 0 Å². The second kappa shape index (κ2) is 4.55. The normalized spacial score (nSPS) is 45.0. The van der Waals surface area contributed by atoms with Crippen molar-refractivity contribution in [1.82, 2.24) is 5.32 Å². The monoisotopic (exact) mass is 311 g/mol. The minimum absolute atomic E-state index is 0.224. The standard InChI is InChI=1S/C13H20F3NO4/c1-11(2)18-5-6(19-11)7-8-9(21-12(3,4)20-8)10(17-7)13(14,15)16/h6-10,17H,5H2,1-4H3/t6-,7+,8+,9+,10+/m1/s1. The smallest absolute Gasteiger partial charge is 0.348 e. The molecule has 0 bridgehead atoms. The van der Waals surface area contributed by atoms with Crippen LogP contribution in [-0.2, 0) is 18.9 Å². The van der Waals surface area contributed by atoms with E-state index in [0.29, 0.717) is 0 Å². The predicted molar refractivity (Wildman–Crippen MR) is 65.5 cm³/mol. The second-order valence-electron chi connectivity index (χ2n) is 6.64. The summed E-state index contributed by atoms with van der Waals surface area (Å²) in [7, 11) is 0. The molecule has 5 nitrogen and oxygen atoms in total. The van der Waals surface area contributed by atoms with Crippen LogP contribution in [-0.4, -0.2) is 54.8 Å². The number of nitrogens with one attached hydrogen (secondary N) is 1. The van der Waals surface area contributed by atoms with Crippen molar-refractivity contribution < 1.29 is 32.1 Å². The molecule has 0 radical (unpaired) electrons. The number of rotatable bonds is 1. The van der Waals surface area contributed by atoms with E-state index in [2.05, 4.69) is 5.32 Å². The first kappa shape index (κ1) is 15.5. The Labute approximate surface area is 121 Å². The van der Waals surface area contributed by atoms with Crippen molar-refractivity contribution >= 4 is 0 Å². The van der Waals surface area contributed by atoms with E-state index in [-0.39, 0.29) is 6.61 Å². The molecule has 0 aromatic carbocycles. The van der Waals surface area contributed by atoms with E-state index in [1.54, 1.807) is 27.7 Å². The third-order valence-corrected chi connectivity index (χ3v) is 4.00.